The van der Waals surface area contributed by atoms with Crippen molar-refractivity contribution in [1.29, 1.82) is 0 Å². The monoisotopic (exact) mass is 496 g/mol. The highest BCUT2D eigenvalue weighted by Gasteiger charge is 2.28. The van der Waals surface area contributed by atoms with Gasteiger partial charge in [-0.25, -0.2) is 8.42 Å². The second kappa shape index (κ2) is 9.92. The molecular weight excluding hydrogens is 479 g/mol. The van der Waals surface area contributed by atoms with Gasteiger partial charge in [-0.15, -0.1) is 0 Å². The van der Waals surface area contributed by atoms with E-state index in [1.165, 1.54) is 18.2 Å². The fraction of sp³-hybridized carbons (Fsp3) is 0.136. The lowest BCUT2D eigenvalue weighted by Crippen LogP contribution is -2.41. The van der Waals surface area contributed by atoms with Crippen LogP contribution in [0.4, 0.5) is 5.69 Å². The van der Waals surface area contributed by atoms with E-state index < -0.39 is 22.5 Å². The summed E-state index contributed by atoms with van der Waals surface area (Å²) < 4.78 is 27.8. The van der Waals surface area contributed by atoms with Crippen molar-refractivity contribution in [3.05, 3.63) is 92.9 Å². The third-order valence-corrected chi connectivity index (χ3v) is 7.15. The number of hydrogen-bond acceptors (Lipinski definition) is 3. The second-order valence-electron chi connectivity index (χ2n) is 6.77. The van der Waals surface area contributed by atoms with Crippen LogP contribution in [0.3, 0.4) is 0 Å². The summed E-state index contributed by atoms with van der Waals surface area (Å²) in [5, 5.41) is 3.97. The number of sulfonamides is 1. The average molecular weight is 498 g/mol. The number of anilines is 1. The summed E-state index contributed by atoms with van der Waals surface area (Å²) in [6, 6.07) is 17.8. The highest BCUT2D eigenvalue weighted by atomic mass is 35.5. The van der Waals surface area contributed by atoms with Gasteiger partial charge in [-0.05, 0) is 54.4 Å². The molecule has 31 heavy (non-hydrogen) atoms. The molecule has 0 bridgehead atoms. The summed E-state index contributed by atoms with van der Waals surface area (Å²) in [6.07, 6.45) is 0. The minimum absolute atomic E-state index is 0.0721. The average Bonchev–Trinajstić information content (AvgIpc) is 2.74. The van der Waals surface area contributed by atoms with E-state index in [0.29, 0.717) is 31.9 Å². The number of amides is 1. The van der Waals surface area contributed by atoms with Crippen LogP contribution in [0.15, 0.2) is 71.6 Å². The van der Waals surface area contributed by atoms with Crippen LogP contribution in [-0.4, -0.2) is 20.9 Å². The highest BCUT2D eigenvalue weighted by molar-refractivity contribution is 7.92. The predicted molar refractivity (Wildman–Crippen MR) is 125 cm³/mol. The quantitative estimate of drug-likeness (QED) is 0.471. The first-order valence-electron chi connectivity index (χ1n) is 9.23. The maximum Gasteiger partial charge on any atom is 0.264 e. The number of carbonyl (C=O) groups is 1. The lowest BCUT2D eigenvalue weighted by Gasteiger charge is -2.26. The summed E-state index contributed by atoms with van der Waals surface area (Å²) in [5.41, 5.74) is 1.66. The molecule has 0 aromatic heterocycles. The van der Waals surface area contributed by atoms with Gasteiger partial charge in [0.1, 0.15) is 6.54 Å². The van der Waals surface area contributed by atoms with Crippen LogP contribution >= 0.6 is 34.8 Å². The third-order valence-electron chi connectivity index (χ3n) is 4.55. The van der Waals surface area contributed by atoms with Gasteiger partial charge >= 0.3 is 0 Å². The Labute approximate surface area is 196 Å². The van der Waals surface area contributed by atoms with Gasteiger partial charge in [0.25, 0.3) is 10.0 Å². The van der Waals surface area contributed by atoms with Crippen LogP contribution < -0.4 is 9.62 Å². The van der Waals surface area contributed by atoms with E-state index in [0.717, 1.165) is 4.31 Å². The normalized spacial score (nSPS) is 11.2. The Morgan fingerprint density at radius 1 is 0.935 bits per heavy atom. The van der Waals surface area contributed by atoms with Crippen LogP contribution in [0.25, 0.3) is 0 Å². The van der Waals surface area contributed by atoms with Crippen LogP contribution in [0.1, 0.15) is 11.1 Å². The number of aryl methyl sites for hydroxylation is 1. The molecular formula is C22H19Cl3N2O3S. The van der Waals surface area contributed by atoms with Crippen molar-refractivity contribution in [3.8, 4) is 0 Å². The first kappa shape index (κ1) is 23.4. The van der Waals surface area contributed by atoms with Crippen molar-refractivity contribution in [3.63, 3.8) is 0 Å². The molecule has 5 nitrogen and oxygen atoms in total. The van der Waals surface area contributed by atoms with Gasteiger partial charge in [-0.1, -0.05) is 65.1 Å². The summed E-state index contributed by atoms with van der Waals surface area (Å²) >= 11 is 18.2. The Kier molecular flexibility index (Phi) is 7.49. The van der Waals surface area contributed by atoms with E-state index in [1.54, 1.807) is 55.5 Å². The van der Waals surface area contributed by atoms with Gasteiger partial charge in [0.05, 0.1) is 10.6 Å². The largest absolute Gasteiger partial charge is 0.350 e. The van der Waals surface area contributed by atoms with Gasteiger partial charge in [0.15, 0.2) is 0 Å². The lowest BCUT2D eigenvalue weighted by molar-refractivity contribution is -0.119. The molecule has 3 aromatic carbocycles. The maximum atomic E-state index is 13.4. The van der Waals surface area contributed by atoms with Crippen molar-refractivity contribution >= 4 is 56.4 Å². The Balaban J connectivity index is 1.89. The maximum absolute atomic E-state index is 13.4. The second-order valence-corrected chi connectivity index (χ2v) is 9.91. The van der Waals surface area contributed by atoms with Gasteiger partial charge in [-0.3, -0.25) is 9.10 Å². The Morgan fingerprint density at radius 2 is 1.58 bits per heavy atom. The standard InChI is InChI=1S/C22H19Cl3N2O3S/c1-15-7-9-18(24)12-21(15)27(31(29,30)19-5-3-2-4-6-19)14-22(28)26-13-16-8-10-17(23)11-20(16)25/h2-12H,13-14H2,1H3,(H,26,28). The molecule has 3 aromatic rings. The summed E-state index contributed by atoms with van der Waals surface area (Å²) in [4.78, 5) is 12.8. The zero-order chi connectivity index (χ0) is 22.6. The number of nitrogens with one attached hydrogen (secondary N) is 1. The predicted octanol–water partition coefficient (Wildman–Crippen LogP) is 5.47. The number of carbonyl (C=O) groups excluding carboxylic acids is 1. The molecule has 0 aliphatic rings. The molecule has 9 heteroatoms. The molecule has 0 aliphatic heterocycles. The first-order chi connectivity index (χ1) is 14.7. The minimum atomic E-state index is -4.01. The van der Waals surface area contributed by atoms with Crippen molar-refractivity contribution in [2.75, 3.05) is 10.8 Å². The third kappa shape index (κ3) is 5.71. The topological polar surface area (TPSA) is 66.5 Å². The van der Waals surface area contributed by atoms with E-state index in [2.05, 4.69) is 5.32 Å². The van der Waals surface area contributed by atoms with E-state index in [9.17, 15) is 13.2 Å². The highest BCUT2D eigenvalue weighted by Crippen LogP contribution is 2.29. The van der Waals surface area contributed by atoms with E-state index in [1.807, 2.05) is 0 Å². The van der Waals surface area contributed by atoms with Gasteiger partial charge in [0, 0.05) is 21.6 Å². The molecule has 0 saturated heterocycles. The summed E-state index contributed by atoms with van der Waals surface area (Å²) in [6.45, 7) is 1.46. The first-order valence-corrected chi connectivity index (χ1v) is 11.8. The van der Waals surface area contributed by atoms with Crippen LogP contribution in [0.2, 0.25) is 15.1 Å². The molecule has 1 N–H and O–H groups in total. The molecule has 0 aliphatic carbocycles. The number of halogens is 3. The molecule has 0 spiro atoms. The van der Waals surface area contributed by atoms with E-state index >= 15 is 0 Å². The molecule has 3 rings (SSSR count). The van der Waals surface area contributed by atoms with Gasteiger partial charge in [0.2, 0.25) is 5.91 Å². The van der Waals surface area contributed by atoms with Gasteiger partial charge in [-0.2, -0.15) is 0 Å². The van der Waals surface area contributed by atoms with E-state index in [4.69, 9.17) is 34.8 Å². The molecule has 0 heterocycles. The minimum Gasteiger partial charge on any atom is -0.350 e. The molecule has 0 atom stereocenters. The Morgan fingerprint density at radius 3 is 2.26 bits per heavy atom. The van der Waals surface area contributed by atoms with Crippen LogP contribution in [0.5, 0.6) is 0 Å². The van der Waals surface area contributed by atoms with Gasteiger partial charge < -0.3 is 5.32 Å². The van der Waals surface area contributed by atoms with Crippen molar-refractivity contribution in [2.45, 2.75) is 18.4 Å². The molecule has 0 fully saturated rings. The molecule has 0 unspecified atom stereocenters. The Hall–Kier alpha value is -2.25. The molecule has 0 radical (unpaired) electrons. The van der Waals surface area contributed by atoms with Crippen LogP contribution in [0, 0.1) is 6.92 Å². The fourth-order valence-corrected chi connectivity index (χ4v) is 5.06. The summed E-state index contributed by atoms with van der Waals surface area (Å²) in [5.74, 6) is -0.495. The lowest BCUT2D eigenvalue weighted by atomic mass is 10.2. The molecule has 0 saturated carbocycles. The van der Waals surface area contributed by atoms with E-state index in [-0.39, 0.29) is 11.4 Å². The number of nitrogens with zero attached hydrogens (tertiary/aromatic N) is 1. The van der Waals surface area contributed by atoms with Crippen molar-refractivity contribution < 1.29 is 13.2 Å². The summed E-state index contributed by atoms with van der Waals surface area (Å²) in [7, 11) is -4.01. The SMILES string of the molecule is Cc1ccc(Cl)cc1N(CC(=O)NCc1ccc(Cl)cc1Cl)S(=O)(=O)c1ccccc1. The van der Waals surface area contributed by atoms with Crippen LogP contribution in [-0.2, 0) is 21.4 Å². The van der Waals surface area contributed by atoms with Crippen molar-refractivity contribution in [1.82, 2.24) is 5.32 Å². The zero-order valence-corrected chi connectivity index (χ0v) is 19.6. The van der Waals surface area contributed by atoms with Crippen molar-refractivity contribution in [2.24, 2.45) is 0 Å². The molecule has 1 amide bonds. The number of benzene rings is 3. The smallest absolute Gasteiger partial charge is 0.264 e. The Bertz CT molecular complexity index is 1200. The molecule has 162 valence electrons. The fourth-order valence-electron chi connectivity index (χ4n) is 2.92. The zero-order valence-electron chi connectivity index (χ0n) is 16.5. The number of rotatable bonds is 7. The number of hydrogen-bond donors (Lipinski definition) is 1.